The fourth-order valence-corrected chi connectivity index (χ4v) is 3.48. The number of aryl methyl sites for hydroxylation is 1. The minimum atomic E-state index is -2.48. The first-order chi connectivity index (χ1) is 16.1. The molecular weight excluding hydrogens is 537 g/mol. The van der Waals surface area contributed by atoms with E-state index in [4.69, 9.17) is 53.8 Å². The van der Waals surface area contributed by atoms with Crippen molar-refractivity contribution in [3.8, 4) is 0 Å². The van der Waals surface area contributed by atoms with Gasteiger partial charge >= 0.3 is 23.6 Å². The first-order valence-electron chi connectivity index (χ1n) is 9.94. The van der Waals surface area contributed by atoms with Gasteiger partial charge in [-0.3, -0.25) is 33.5 Å². The Labute approximate surface area is 212 Å². The Morgan fingerprint density at radius 1 is 1.06 bits per heavy atom. The normalized spacial score (nSPS) is 24.3. The van der Waals surface area contributed by atoms with Crippen molar-refractivity contribution in [2.24, 2.45) is 0 Å². The summed E-state index contributed by atoms with van der Waals surface area (Å²) in [5.41, 5.74) is -1.56. The molecule has 13 nitrogen and oxygen atoms in total. The number of ether oxygens (including phenoxy) is 4. The number of aromatic amines is 1. The second-order valence-electron chi connectivity index (χ2n) is 7.49. The molecule has 1 aliphatic rings. The zero-order valence-corrected chi connectivity index (χ0v) is 21.1. The molecule has 2 rings (SSSR count). The largest absolute Gasteiger partial charge is 0.463 e. The van der Waals surface area contributed by atoms with Gasteiger partial charge in [0.1, 0.15) is 18.8 Å². The van der Waals surface area contributed by atoms with Crippen LogP contribution < -0.4 is 16.6 Å². The van der Waals surface area contributed by atoms with E-state index in [1.807, 2.05) is 0 Å². The molecule has 1 aliphatic heterocycles. The second-order valence-corrected chi connectivity index (χ2v) is 9.77. The number of H-pyrrole nitrogens is 1. The molecule has 2 heterocycles. The topological polar surface area (TPSA) is 172 Å². The smallest absolute Gasteiger partial charge is 0.330 e. The molecular formula is C19H22Cl3N3O10. The first-order valence-corrected chi connectivity index (χ1v) is 11.1. The summed E-state index contributed by atoms with van der Waals surface area (Å²) < 4.78 is 19.9. The Morgan fingerprint density at radius 2 is 1.63 bits per heavy atom. The Kier molecular flexibility index (Phi) is 9.34. The lowest BCUT2D eigenvalue weighted by Crippen LogP contribution is -2.66. The number of amides is 1. The third-order valence-electron chi connectivity index (χ3n) is 4.70. The average Bonchev–Trinajstić information content (AvgIpc) is 2.71. The molecule has 1 aromatic heterocycles. The van der Waals surface area contributed by atoms with Crippen LogP contribution in [0.2, 0.25) is 0 Å². The fourth-order valence-electron chi connectivity index (χ4n) is 3.32. The van der Waals surface area contributed by atoms with Crippen molar-refractivity contribution in [3.05, 3.63) is 32.6 Å². The van der Waals surface area contributed by atoms with Gasteiger partial charge in [-0.25, -0.2) is 4.79 Å². The zero-order chi connectivity index (χ0) is 26.7. The Balaban J connectivity index is 2.71. The summed E-state index contributed by atoms with van der Waals surface area (Å²) in [6.45, 7) is 4.12. The molecule has 16 heteroatoms. The van der Waals surface area contributed by atoms with Crippen molar-refractivity contribution >= 4 is 58.6 Å². The summed E-state index contributed by atoms with van der Waals surface area (Å²) in [5.74, 6) is -3.59. The summed E-state index contributed by atoms with van der Waals surface area (Å²) in [4.78, 5) is 74.3. The average molecular weight is 559 g/mol. The van der Waals surface area contributed by atoms with E-state index in [9.17, 15) is 28.8 Å². The van der Waals surface area contributed by atoms with Gasteiger partial charge in [0.05, 0.1) is 0 Å². The highest BCUT2D eigenvalue weighted by Gasteiger charge is 2.53. The maximum Gasteiger partial charge on any atom is 0.330 e. The van der Waals surface area contributed by atoms with Gasteiger partial charge in [0.15, 0.2) is 18.4 Å². The number of esters is 3. The molecule has 1 aromatic rings. The molecule has 0 aromatic carbocycles. The summed E-state index contributed by atoms with van der Waals surface area (Å²) >= 11 is 17.0. The second kappa shape index (κ2) is 11.4. The Morgan fingerprint density at radius 3 is 2.14 bits per heavy atom. The third kappa shape index (κ3) is 7.43. The quantitative estimate of drug-likeness (QED) is 0.275. The third-order valence-corrected chi connectivity index (χ3v) is 5.21. The molecule has 0 radical (unpaired) electrons. The van der Waals surface area contributed by atoms with E-state index in [0.29, 0.717) is 0 Å². The number of alkyl halides is 3. The number of nitrogens with zero attached hydrogens (tertiary/aromatic N) is 1. The number of halogens is 3. The van der Waals surface area contributed by atoms with Crippen LogP contribution in [-0.2, 0) is 38.1 Å². The van der Waals surface area contributed by atoms with Crippen LogP contribution in [0.25, 0.3) is 0 Å². The number of carbonyl (C=O) groups excluding carboxylic acids is 4. The molecule has 5 unspecified atom stereocenters. The SMILES string of the molecule is CC(=O)OCC1OC(n2cc(C)c(=O)[nH]c2=O)C(NC(=O)C(Cl)(Cl)Cl)C(OC(C)=O)C1OC(C)=O. The van der Waals surface area contributed by atoms with Crippen LogP contribution in [0.1, 0.15) is 32.6 Å². The van der Waals surface area contributed by atoms with Gasteiger partial charge in [-0.15, -0.1) is 0 Å². The highest BCUT2D eigenvalue weighted by molar-refractivity contribution is 6.76. The first kappa shape index (κ1) is 28.6. The molecule has 1 saturated heterocycles. The van der Waals surface area contributed by atoms with Crippen molar-refractivity contribution < 1.29 is 38.1 Å². The van der Waals surface area contributed by atoms with Gasteiger partial charge in [-0.1, -0.05) is 34.8 Å². The predicted octanol–water partition coefficient (Wildman–Crippen LogP) is 0.0239. The van der Waals surface area contributed by atoms with Gasteiger partial charge in [0.2, 0.25) is 0 Å². The van der Waals surface area contributed by atoms with Crippen molar-refractivity contribution in [3.63, 3.8) is 0 Å². The van der Waals surface area contributed by atoms with Gasteiger partial charge in [-0.05, 0) is 6.92 Å². The number of aromatic nitrogens is 2. The summed E-state index contributed by atoms with van der Waals surface area (Å²) in [7, 11) is 0. The van der Waals surface area contributed by atoms with E-state index < -0.39 is 76.0 Å². The monoisotopic (exact) mass is 557 g/mol. The highest BCUT2D eigenvalue weighted by Crippen LogP contribution is 2.34. The van der Waals surface area contributed by atoms with Gasteiger partial charge in [0, 0.05) is 32.5 Å². The van der Waals surface area contributed by atoms with Crippen LogP contribution in [0, 0.1) is 6.92 Å². The molecule has 5 atom stereocenters. The van der Waals surface area contributed by atoms with Crippen molar-refractivity contribution in [2.75, 3.05) is 6.61 Å². The molecule has 1 amide bonds. The maximum absolute atomic E-state index is 12.6. The number of rotatable bonds is 6. The molecule has 1 fully saturated rings. The highest BCUT2D eigenvalue weighted by atomic mass is 35.6. The fraction of sp³-hybridized carbons (Fsp3) is 0.579. The lowest BCUT2D eigenvalue weighted by atomic mass is 9.94. The maximum atomic E-state index is 12.6. The van der Waals surface area contributed by atoms with Crippen LogP contribution in [-0.4, -0.2) is 68.1 Å². The number of nitrogens with one attached hydrogen (secondary N) is 2. The van der Waals surface area contributed by atoms with E-state index in [0.717, 1.165) is 31.5 Å². The van der Waals surface area contributed by atoms with Crippen molar-refractivity contribution in [2.45, 2.75) is 62.1 Å². The van der Waals surface area contributed by atoms with Crippen LogP contribution in [0.3, 0.4) is 0 Å². The molecule has 194 valence electrons. The molecule has 0 bridgehead atoms. The van der Waals surface area contributed by atoms with Gasteiger partial charge < -0.3 is 24.3 Å². The Bertz CT molecular complexity index is 1110. The number of hydrogen-bond donors (Lipinski definition) is 2. The minimum absolute atomic E-state index is 0.0855. The minimum Gasteiger partial charge on any atom is -0.463 e. The molecule has 0 spiro atoms. The summed E-state index contributed by atoms with van der Waals surface area (Å²) in [6.07, 6.45) is -4.65. The van der Waals surface area contributed by atoms with Crippen LogP contribution in [0.5, 0.6) is 0 Å². The Hall–Kier alpha value is -2.61. The van der Waals surface area contributed by atoms with E-state index in [1.54, 1.807) is 0 Å². The van der Waals surface area contributed by atoms with E-state index in [-0.39, 0.29) is 5.56 Å². The molecule has 0 saturated carbocycles. The van der Waals surface area contributed by atoms with Crippen molar-refractivity contribution in [1.29, 1.82) is 0 Å². The standard InChI is InChI=1S/C19H22Cl3N3O10/c1-7-5-25(18(31)24-15(7)29)16-12(23-17(30)19(20,21)22)14(34-10(4)28)13(33-9(3)27)11(35-16)6-32-8(2)26/h5,11-14,16H,6H2,1-4H3,(H,23,30)(H,24,29,31). The van der Waals surface area contributed by atoms with Crippen LogP contribution in [0.15, 0.2) is 15.8 Å². The molecule has 2 N–H and O–H groups in total. The van der Waals surface area contributed by atoms with Crippen LogP contribution >= 0.6 is 34.8 Å². The zero-order valence-electron chi connectivity index (χ0n) is 18.8. The van der Waals surface area contributed by atoms with Gasteiger partial charge in [0.25, 0.3) is 15.3 Å². The summed E-state index contributed by atoms with van der Waals surface area (Å²) in [5, 5.41) is 2.33. The summed E-state index contributed by atoms with van der Waals surface area (Å²) in [6, 6.07) is -1.50. The predicted molar refractivity (Wildman–Crippen MR) is 120 cm³/mol. The number of carbonyl (C=O) groups is 4. The van der Waals surface area contributed by atoms with E-state index in [1.165, 1.54) is 6.92 Å². The lowest BCUT2D eigenvalue weighted by Gasteiger charge is -2.45. The van der Waals surface area contributed by atoms with E-state index >= 15 is 0 Å². The van der Waals surface area contributed by atoms with E-state index in [2.05, 4.69) is 10.3 Å². The van der Waals surface area contributed by atoms with Crippen LogP contribution in [0.4, 0.5) is 0 Å². The van der Waals surface area contributed by atoms with Crippen molar-refractivity contribution in [1.82, 2.24) is 14.9 Å². The molecule has 35 heavy (non-hydrogen) atoms. The number of hydrogen-bond acceptors (Lipinski definition) is 10. The lowest BCUT2D eigenvalue weighted by molar-refractivity contribution is -0.238. The molecule has 0 aliphatic carbocycles. The van der Waals surface area contributed by atoms with Gasteiger partial charge in [-0.2, -0.15) is 0 Å².